The molecule has 0 unspecified atom stereocenters. The van der Waals surface area contributed by atoms with Crippen LogP contribution in [-0.2, 0) is 4.79 Å². The van der Waals surface area contributed by atoms with E-state index in [1.807, 2.05) is 0 Å². The molecule has 0 spiro atoms. The number of methoxy groups -OCH3 is 2. The van der Waals surface area contributed by atoms with E-state index in [9.17, 15) is 9.59 Å². The summed E-state index contributed by atoms with van der Waals surface area (Å²) in [5.41, 5.74) is 1.14. The lowest BCUT2D eigenvalue weighted by molar-refractivity contribution is -0.121. The first-order chi connectivity index (χ1) is 13.5. The van der Waals surface area contributed by atoms with Crippen LogP contribution in [0.15, 0.2) is 42.5 Å². The van der Waals surface area contributed by atoms with Crippen molar-refractivity contribution in [3.8, 4) is 11.5 Å². The lowest BCUT2D eigenvalue weighted by atomic mass is 9.95. The number of piperidine rings is 1. The van der Waals surface area contributed by atoms with Gasteiger partial charge in [0.1, 0.15) is 11.5 Å². The summed E-state index contributed by atoms with van der Waals surface area (Å²) < 4.78 is 10.4. The number of anilines is 1. The van der Waals surface area contributed by atoms with Gasteiger partial charge in [-0.2, -0.15) is 0 Å². The first-order valence-electron chi connectivity index (χ1n) is 9.09. The molecule has 6 nitrogen and oxygen atoms in total. The molecule has 1 saturated heterocycles. The highest BCUT2D eigenvalue weighted by Gasteiger charge is 2.28. The second kappa shape index (κ2) is 8.97. The summed E-state index contributed by atoms with van der Waals surface area (Å²) in [4.78, 5) is 27.1. The van der Waals surface area contributed by atoms with Gasteiger partial charge in [0, 0.05) is 29.6 Å². The van der Waals surface area contributed by atoms with Gasteiger partial charge in [0.05, 0.1) is 19.9 Å². The molecule has 0 aliphatic carbocycles. The van der Waals surface area contributed by atoms with Crippen molar-refractivity contribution in [1.82, 2.24) is 4.90 Å². The molecule has 148 valence electrons. The molecule has 3 rings (SSSR count). The van der Waals surface area contributed by atoms with E-state index in [0.717, 1.165) is 0 Å². The topological polar surface area (TPSA) is 67.9 Å². The number of rotatable bonds is 5. The molecule has 1 aliphatic heterocycles. The average molecular weight is 403 g/mol. The first kappa shape index (κ1) is 20.0. The molecule has 2 aromatic carbocycles. The van der Waals surface area contributed by atoms with Crippen LogP contribution in [0.25, 0.3) is 0 Å². The third-order valence-corrected chi connectivity index (χ3v) is 5.12. The van der Waals surface area contributed by atoms with Crippen molar-refractivity contribution in [2.24, 2.45) is 5.92 Å². The van der Waals surface area contributed by atoms with Crippen LogP contribution in [0.3, 0.4) is 0 Å². The summed E-state index contributed by atoms with van der Waals surface area (Å²) in [6.07, 6.45) is 1.20. The van der Waals surface area contributed by atoms with Crippen LogP contribution < -0.4 is 14.8 Å². The maximum absolute atomic E-state index is 12.7. The van der Waals surface area contributed by atoms with Gasteiger partial charge in [-0.3, -0.25) is 9.59 Å². The van der Waals surface area contributed by atoms with Crippen LogP contribution in [0.5, 0.6) is 11.5 Å². The van der Waals surface area contributed by atoms with Gasteiger partial charge in [0.15, 0.2) is 0 Å². The van der Waals surface area contributed by atoms with E-state index in [1.54, 1.807) is 61.6 Å². The number of hydrogen-bond donors (Lipinski definition) is 1. The van der Waals surface area contributed by atoms with E-state index in [4.69, 9.17) is 21.1 Å². The lowest BCUT2D eigenvalue weighted by Crippen LogP contribution is -2.41. The lowest BCUT2D eigenvalue weighted by Gasteiger charge is -2.31. The molecule has 28 heavy (non-hydrogen) atoms. The molecular weight excluding hydrogens is 380 g/mol. The number of carbonyl (C=O) groups is 2. The minimum atomic E-state index is -0.168. The van der Waals surface area contributed by atoms with Gasteiger partial charge >= 0.3 is 0 Å². The minimum absolute atomic E-state index is 0.0470. The zero-order valence-corrected chi connectivity index (χ0v) is 16.7. The van der Waals surface area contributed by atoms with Crippen molar-refractivity contribution in [2.45, 2.75) is 12.8 Å². The third kappa shape index (κ3) is 4.57. The number of nitrogens with one attached hydrogen (secondary N) is 1. The van der Waals surface area contributed by atoms with Crippen molar-refractivity contribution in [2.75, 3.05) is 32.6 Å². The summed E-state index contributed by atoms with van der Waals surface area (Å²) in [7, 11) is 3.12. The number of benzene rings is 2. The largest absolute Gasteiger partial charge is 0.497 e. The first-order valence-corrected chi connectivity index (χ1v) is 9.47. The van der Waals surface area contributed by atoms with Gasteiger partial charge in [-0.1, -0.05) is 17.7 Å². The Labute approximate surface area is 169 Å². The standard InChI is InChI=1S/C21H23ClN2O4/c1-27-17-5-3-4-15(12-17)21(26)24-10-8-14(9-11-24)20(25)23-18-13-16(22)6-7-19(18)28-2/h3-7,12-14H,8-11H2,1-2H3,(H,23,25). The van der Waals surface area contributed by atoms with Gasteiger partial charge < -0.3 is 19.7 Å². The maximum Gasteiger partial charge on any atom is 0.253 e. The van der Waals surface area contributed by atoms with Crippen LogP contribution in [0.2, 0.25) is 5.02 Å². The van der Waals surface area contributed by atoms with E-state index in [-0.39, 0.29) is 17.7 Å². The summed E-state index contributed by atoms with van der Waals surface area (Å²) in [6, 6.07) is 12.2. The fourth-order valence-electron chi connectivity index (χ4n) is 3.30. The second-order valence-corrected chi connectivity index (χ2v) is 7.07. The Balaban J connectivity index is 1.59. The van der Waals surface area contributed by atoms with Gasteiger partial charge in [-0.05, 0) is 49.2 Å². The fraction of sp³-hybridized carbons (Fsp3) is 0.333. The molecule has 1 aliphatic rings. The molecule has 2 amide bonds. The molecular formula is C21H23ClN2O4. The number of hydrogen-bond acceptors (Lipinski definition) is 4. The third-order valence-electron chi connectivity index (χ3n) is 4.89. The molecule has 2 aromatic rings. The van der Waals surface area contributed by atoms with Crippen molar-refractivity contribution in [1.29, 1.82) is 0 Å². The highest BCUT2D eigenvalue weighted by molar-refractivity contribution is 6.31. The monoisotopic (exact) mass is 402 g/mol. The molecule has 0 radical (unpaired) electrons. The van der Waals surface area contributed by atoms with Crippen molar-refractivity contribution < 1.29 is 19.1 Å². The molecule has 1 heterocycles. The molecule has 0 bridgehead atoms. The second-order valence-electron chi connectivity index (χ2n) is 6.63. The smallest absolute Gasteiger partial charge is 0.253 e. The highest BCUT2D eigenvalue weighted by Crippen LogP contribution is 2.29. The van der Waals surface area contributed by atoms with Crippen LogP contribution in [-0.4, -0.2) is 44.0 Å². The SMILES string of the molecule is COc1cccc(C(=O)N2CCC(C(=O)Nc3cc(Cl)ccc3OC)CC2)c1. The fourth-order valence-corrected chi connectivity index (χ4v) is 3.47. The van der Waals surface area contributed by atoms with Gasteiger partial charge in [0.25, 0.3) is 5.91 Å². The Morgan fingerprint density at radius 2 is 1.82 bits per heavy atom. The summed E-state index contributed by atoms with van der Waals surface area (Å²) >= 11 is 6.02. The molecule has 0 aromatic heterocycles. The Bertz CT molecular complexity index is 863. The minimum Gasteiger partial charge on any atom is -0.497 e. The van der Waals surface area contributed by atoms with Crippen molar-refractivity contribution in [3.05, 3.63) is 53.1 Å². The van der Waals surface area contributed by atoms with Crippen LogP contribution in [0.4, 0.5) is 5.69 Å². The molecule has 0 atom stereocenters. The van der Waals surface area contributed by atoms with E-state index < -0.39 is 0 Å². The molecule has 0 saturated carbocycles. The predicted octanol–water partition coefficient (Wildman–Crippen LogP) is 3.85. The zero-order valence-electron chi connectivity index (χ0n) is 15.9. The Kier molecular flexibility index (Phi) is 6.41. The summed E-state index contributed by atoms with van der Waals surface area (Å²) in [5, 5.41) is 3.42. The van der Waals surface area contributed by atoms with E-state index >= 15 is 0 Å². The van der Waals surface area contributed by atoms with Crippen molar-refractivity contribution in [3.63, 3.8) is 0 Å². The Morgan fingerprint density at radius 3 is 2.50 bits per heavy atom. The number of halogens is 1. The number of likely N-dealkylation sites (tertiary alicyclic amines) is 1. The van der Waals surface area contributed by atoms with Gasteiger partial charge in [-0.15, -0.1) is 0 Å². The number of nitrogens with zero attached hydrogens (tertiary/aromatic N) is 1. The van der Waals surface area contributed by atoms with E-state index in [1.165, 1.54) is 0 Å². The molecule has 1 N–H and O–H groups in total. The number of amides is 2. The van der Waals surface area contributed by atoms with Crippen LogP contribution in [0, 0.1) is 5.92 Å². The van der Waals surface area contributed by atoms with Gasteiger partial charge in [-0.25, -0.2) is 0 Å². The molecule has 7 heteroatoms. The number of carbonyl (C=O) groups excluding carboxylic acids is 2. The summed E-state index contributed by atoms with van der Waals surface area (Å²) in [5.74, 6) is 0.903. The van der Waals surface area contributed by atoms with E-state index in [2.05, 4.69) is 5.32 Å². The highest BCUT2D eigenvalue weighted by atomic mass is 35.5. The molecule has 1 fully saturated rings. The van der Waals surface area contributed by atoms with E-state index in [0.29, 0.717) is 53.7 Å². The quantitative estimate of drug-likeness (QED) is 0.824. The van der Waals surface area contributed by atoms with Crippen LogP contribution >= 0.6 is 11.6 Å². The number of ether oxygens (including phenoxy) is 2. The van der Waals surface area contributed by atoms with Crippen molar-refractivity contribution >= 4 is 29.1 Å². The normalized spacial score (nSPS) is 14.5. The Morgan fingerprint density at radius 1 is 1.07 bits per heavy atom. The van der Waals surface area contributed by atoms with Crippen LogP contribution in [0.1, 0.15) is 23.2 Å². The zero-order chi connectivity index (χ0) is 20.1. The Hall–Kier alpha value is -2.73. The van der Waals surface area contributed by atoms with Gasteiger partial charge in [0.2, 0.25) is 5.91 Å². The predicted molar refractivity (Wildman–Crippen MR) is 108 cm³/mol. The summed E-state index contributed by atoms with van der Waals surface area (Å²) in [6.45, 7) is 1.06. The maximum atomic E-state index is 12.7. The average Bonchev–Trinajstić information content (AvgIpc) is 2.73.